The summed E-state index contributed by atoms with van der Waals surface area (Å²) in [6, 6.07) is 1.03. The maximum Gasteiger partial charge on any atom is 0.374 e. The van der Waals surface area contributed by atoms with Crippen LogP contribution in [0.4, 0.5) is 0 Å². The molecule has 1 aliphatic rings. The van der Waals surface area contributed by atoms with Crippen molar-refractivity contribution in [3.05, 3.63) is 45.1 Å². The van der Waals surface area contributed by atoms with Crippen LogP contribution in [0.15, 0.2) is 28.0 Å². The van der Waals surface area contributed by atoms with Crippen LogP contribution in [0.1, 0.15) is 16.8 Å². The Morgan fingerprint density at radius 2 is 2.11 bits per heavy atom. The van der Waals surface area contributed by atoms with E-state index in [0.717, 1.165) is 23.0 Å². The van der Waals surface area contributed by atoms with E-state index < -0.39 is 56.4 Å². The molecule has 1 aliphatic heterocycles. The number of ether oxygens (including phenoxy) is 2. The van der Waals surface area contributed by atoms with Gasteiger partial charge in [-0.2, -0.15) is 0 Å². The van der Waals surface area contributed by atoms with Crippen LogP contribution in [0.25, 0.3) is 0 Å². The summed E-state index contributed by atoms with van der Waals surface area (Å²) in [7, 11) is -2.95. The summed E-state index contributed by atoms with van der Waals surface area (Å²) in [4.78, 5) is 53.3. The first-order chi connectivity index (χ1) is 12.8. The Hall–Kier alpha value is -2.70. The molecular weight excluding hydrogens is 387 g/mol. The number of aromatic amines is 2. The molecule has 2 aromatic heterocycles. The number of H-pyrrole nitrogens is 2. The molecule has 2 aromatic rings. The van der Waals surface area contributed by atoms with E-state index in [1.807, 2.05) is 4.98 Å². The van der Waals surface area contributed by atoms with Gasteiger partial charge in [0, 0.05) is 12.3 Å². The molecule has 3 heterocycles. The number of hydrogen-bond donors (Lipinski definition) is 4. The van der Waals surface area contributed by atoms with Gasteiger partial charge in [0.2, 0.25) is 5.82 Å². The zero-order chi connectivity index (χ0) is 19.7. The van der Waals surface area contributed by atoms with Gasteiger partial charge in [0.1, 0.15) is 31.1 Å². The number of esters is 1. The van der Waals surface area contributed by atoms with E-state index in [2.05, 4.69) is 9.97 Å². The van der Waals surface area contributed by atoms with Crippen LogP contribution in [-0.2, 0) is 14.0 Å². The fourth-order valence-corrected chi connectivity index (χ4v) is 2.81. The molecular formula is C13H13N4O9P. The topological polar surface area (TPSA) is 200 Å². The lowest BCUT2D eigenvalue weighted by Crippen LogP contribution is -2.37. The zero-order valence-corrected chi connectivity index (χ0v) is 14.2. The van der Waals surface area contributed by atoms with E-state index in [1.54, 1.807) is 0 Å². The summed E-state index contributed by atoms with van der Waals surface area (Å²) in [5, 5.41) is 20.1. The van der Waals surface area contributed by atoms with Gasteiger partial charge in [0.15, 0.2) is 6.23 Å². The molecule has 5 atom stereocenters. The lowest BCUT2D eigenvalue weighted by Gasteiger charge is -2.16. The smallest absolute Gasteiger partial charge is 0.374 e. The second-order valence-corrected chi connectivity index (χ2v) is 6.53. The van der Waals surface area contributed by atoms with Gasteiger partial charge in [-0.05, 0) is 0 Å². The molecule has 0 bridgehead atoms. The molecule has 0 saturated carbocycles. The number of hydrogen-bond acceptors (Lipinski definition) is 10. The number of nitrogens with zero attached hydrogens (tertiary/aromatic N) is 2. The normalized spacial score (nSPS) is 25.4. The van der Waals surface area contributed by atoms with Crippen molar-refractivity contribution in [2.24, 2.45) is 0 Å². The Labute approximate surface area is 150 Å². The standard InChI is InChI=1S/C13H13N4O9P/c18-6-1-2-17(13(22)15-6)11-9(20)8(19)5(26-11)4-25-12(21)10-14-3-7(16-10)27(23)24/h1-3,5,8-9,11,19-20H,4H2,(H,14,16)(H,15,18,22)/t5-,8-,9-,11-/m1/s1. The molecule has 0 radical (unpaired) electrons. The van der Waals surface area contributed by atoms with Crippen LogP contribution in [-0.4, -0.2) is 60.6 Å². The van der Waals surface area contributed by atoms with Crippen LogP contribution >= 0.6 is 8.03 Å². The highest BCUT2D eigenvalue weighted by molar-refractivity contribution is 7.45. The minimum absolute atomic E-state index is 0.276. The fourth-order valence-electron chi connectivity index (χ4n) is 2.46. The third-order valence-corrected chi connectivity index (χ3v) is 4.41. The number of aromatic nitrogens is 4. The first-order valence-corrected chi connectivity index (χ1v) is 8.65. The molecule has 0 aromatic carbocycles. The molecule has 0 aliphatic carbocycles. The average molecular weight is 400 g/mol. The molecule has 27 heavy (non-hydrogen) atoms. The summed E-state index contributed by atoms with van der Waals surface area (Å²) in [6.07, 6.45) is -3.50. The number of carbonyl (C=O) groups excluding carboxylic acids is 1. The molecule has 13 nitrogen and oxygen atoms in total. The van der Waals surface area contributed by atoms with E-state index in [0.29, 0.717) is 0 Å². The van der Waals surface area contributed by atoms with Crippen LogP contribution in [0.3, 0.4) is 0 Å². The number of nitrogens with one attached hydrogen (secondary N) is 2. The summed E-state index contributed by atoms with van der Waals surface area (Å²) in [6.45, 7) is -0.509. The van der Waals surface area contributed by atoms with E-state index in [4.69, 9.17) is 9.47 Å². The predicted octanol–water partition coefficient (Wildman–Crippen LogP) is -3.54. The highest BCUT2D eigenvalue weighted by Crippen LogP contribution is 2.28. The summed E-state index contributed by atoms with van der Waals surface area (Å²) >= 11 is 0. The van der Waals surface area contributed by atoms with Crippen LogP contribution < -0.4 is 21.6 Å². The molecule has 4 N–H and O–H groups in total. The Morgan fingerprint density at radius 3 is 2.74 bits per heavy atom. The maximum atomic E-state index is 11.9. The predicted molar refractivity (Wildman–Crippen MR) is 83.4 cm³/mol. The molecule has 0 amide bonds. The highest BCUT2D eigenvalue weighted by Gasteiger charge is 2.44. The lowest BCUT2D eigenvalue weighted by molar-refractivity contribution is -0.160. The number of rotatable bonds is 5. The van der Waals surface area contributed by atoms with E-state index in [1.165, 1.54) is 0 Å². The maximum absolute atomic E-state index is 11.9. The third kappa shape index (κ3) is 3.86. The van der Waals surface area contributed by atoms with Crippen molar-refractivity contribution in [3.8, 4) is 0 Å². The van der Waals surface area contributed by atoms with Crippen LogP contribution in [0.5, 0.6) is 0 Å². The van der Waals surface area contributed by atoms with Crippen molar-refractivity contribution < 1.29 is 33.9 Å². The summed E-state index contributed by atoms with van der Waals surface area (Å²) < 4.78 is 21.9. The Balaban J connectivity index is 1.67. The van der Waals surface area contributed by atoms with Crippen LogP contribution in [0.2, 0.25) is 0 Å². The highest BCUT2D eigenvalue weighted by atomic mass is 31.1. The monoisotopic (exact) mass is 400 g/mol. The second-order valence-electron chi connectivity index (χ2n) is 5.54. The molecule has 3 rings (SSSR count). The first kappa shape index (κ1) is 19.1. The number of carbonyl (C=O) groups is 1. The van der Waals surface area contributed by atoms with E-state index >= 15 is 0 Å². The largest absolute Gasteiger partial charge is 0.589 e. The molecule has 1 saturated heterocycles. The summed E-state index contributed by atoms with van der Waals surface area (Å²) in [5.74, 6) is -1.38. The molecule has 144 valence electrons. The molecule has 14 heteroatoms. The van der Waals surface area contributed by atoms with Crippen molar-refractivity contribution in [1.29, 1.82) is 0 Å². The van der Waals surface area contributed by atoms with Gasteiger partial charge < -0.3 is 24.6 Å². The van der Waals surface area contributed by atoms with Crippen molar-refractivity contribution in [2.75, 3.05) is 6.61 Å². The van der Waals surface area contributed by atoms with Crippen molar-refractivity contribution >= 4 is 19.4 Å². The lowest BCUT2D eigenvalue weighted by atomic mass is 10.1. The summed E-state index contributed by atoms with van der Waals surface area (Å²) in [5.41, 5.74) is -1.78. The van der Waals surface area contributed by atoms with Crippen LogP contribution in [0, 0.1) is 0 Å². The molecule has 0 spiro atoms. The second kappa shape index (κ2) is 7.50. The Bertz CT molecular complexity index is 982. The number of aliphatic hydroxyl groups excluding tert-OH is 2. The van der Waals surface area contributed by atoms with E-state index in [9.17, 15) is 34.1 Å². The minimum Gasteiger partial charge on any atom is -0.589 e. The van der Waals surface area contributed by atoms with Crippen molar-refractivity contribution in [3.63, 3.8) is 0 Å². The van der Waals surface area contributed by atoms with E-state index in [-0.39, 0.29) is 11.3 Å². The SMILES string of the molecule is O=C(OC[C@H]1O[C@@H](n2ccc(=O)[nH]c2=O)[C@H](O)[C@@H]1O)c1ncc([P+](=O)[O-])[nH]1. The quantitative estimate of drug-likeness (QED) is 0.288. The van der Waals surface area contributed by atoms with Gasteiger partial charge in [-0.15, -0.1) is 0 Å². The van der Waals surface area contributed by atoms with Crippen molar-refractivity contribution in [1.82, 2.24) is 19.5 Å². The molecule has 1 fully saturated rings. The zero-order valence-electron chi connectivity index (χ0n) is 13.3. The first-order valence-electron chi connectivity index (χ1n) is 7.47. The minimum atomic E-state index is -2.95. The Kier molecular flexibility index (Phi) is 5.30. The fraction of sp³-hybridized carbons (Fsp3) is 0.385. The van der Waals surface area contributed by atoms with Gasteiger partial charge in [-0.1, -0.05) is 4.57 Å². The van der Waals surface area contributed by atoms with Crippen molar-refractivity contribution in [2.45, 2.75) is 24.5 Å². The van der Waals surface area contributed by atoms with Gasteiger partial charge in [0.25, 0.3) is 11.0 Å². The van der Waals surface area contributed by atoms with Gasteiger partial charge in [-0.3, -0.25) is 19.3 Å². The average Bonchev–Trinajstić information content (AvgIpc) is 3.21. The van der Waals surface area contributed by atoms with Gasteiger partial charge in [-0.25, -0.2) is 14.6 Å². The van der Waals surface area contributed by atoms with Gasteiger partial charge in [0.05, 0.1) is 0 Å². The number of imidazole rings is 1. The van der Waals surface area contributed by atoms with Gasteiger partial charge >= 0.3 is 19.7 Å². The third-order valence-electron chi connectivity index (χ3n) is 3.79. The number of aliphatic hydroxyl groups is 2. The Morgan fingerprint density at radius 1 is 1.37 bits per heavy atom. The molecule has 1 unspecified atom stereocenters.